The van der Waals surface area contributed by atoms with E-state index in [1.54, 1.807) is 32.0 Å². The van der Waals surface area contributed by atoms with Gasteiger partial charge in [-0.05, 0) is 61.9 Å². The zero-order valence-corrected chi connectivity index (χ0v) is 19.2. The number of carbonyl (C=O) groups excluding carboxylic acids is 1. The van der Waals surface area contributed by atoms with Gasteiger partial charge in [0.05, 0.1) is 16.1 Å². The number of hydrogen-bond donors (Lipinski definition) is 1. The molecule has 0 aromatic heterocycles. The van der Waals surface area contributed by atoms with E-state index in [-0.39, 0.29) is 16.3 Å². The van der Waals surface area contributed by atoms with Crippen LogP contribution in [0.1, 0.15) is 16.7 Å². The van der Waals surface area contributed by atoms with Crippen molar-refractivity contribution in [3.63, 3.8) is 0 Å². The maximum atomic E-state index is 13.4. The van der Waals surface area contributed by atoms with Gasteiger partial charge < -0.3 is 5.32 Å². The third-order valence-electron chi connectivity index (χ3n) is 4.81. The third-order valence-corrected chi connectivity index (χ3v) is 7.01. The van der Waals surface area contributed by atoms with Gasteiger partial charge in [-0.15, -0.1) is 0 Å². The molecule has 0 spiro atoms. The minimum Gasteiger partial charge on any atom is -0.325 e. The average Bonchev–Trinajstić information content (AvgIpc) is 2.74. The Morgan fingerprint density at radius 1 is 1.00 bits per heavy atom. The Bertz CT molecular complexity index is 1280. The summed E-state index contributed by atoms with van der Waals surface area (Å²) in [7, 11) is -4.19. The van der Waals surface area contributed by atoms with Crippen molar-refractivity contribution in [2.75, 3.05) is 16.2 Å². The fourth-order valence-electron chi connectivity index (χ4n) is 2.99. The molecule has 0 radical (unpaired) electrons. The zero-order valence-electron chi connectivity index (χ0n) is 17.7. The predicted octanol–water partition coefficient (Wildman–Crippen LogP) is 5.81. The summed E-state index contributed by atoms with van der Waals surface area (Å²) in [4.78, 5) is 12.7. The lowest BCUT2D eigenvalue weighted by atomic mass is 10.2. The van der Waals surface area contributed by atoms with Crippen molar-refractivity contribution < 1.29 is 26.4 Å². The van der Waals surface area contributed by atoms with Crippen LogP contribution >= 0.6 is 11.6 Å². The predicted molar refractivity (Wildman–Crippen MR) is 122 cm³/mol. The molecule has 3 aromatic carbocycles. The number of aryl methyl sites for hydroxylation is 2. The lowest BCUT2D eigenvalue weighted by Gasteiger charge is -2.24. The molecule has 0 saturated carbocycles. The van der Waals surface area contributed by atoms with Crippen molar-refractivity contribution in [1.82, 2.24) is 0 Å². The van der Waals surface area contributed by atoms with Gasteiger partial charge in [-0.25, -0.2) is 8.42 Å². The van der Waals surface area contributed by atoms with Gasteiger partial charge in [0.1, 0.15) is 6.54 Å². The van der Waals surface area contributed by atoms with Crippen LogP contribution in [0, 0.1) is 13.8 Å². The van der Waals surface area contributed by atoms with E-state index in [1.807, 2.05) is 0 Å². The molecule has 0 aliphatic heterocycles. The summed E-state index contributed by atoms with van der Waals surface area (Å²) in [6, 6.07) is 14.7. The molecule has 174 valence electrons. The monoisotopic (exact) mass is 496 g/mol. The number of amides is 1. The van der Waals surface area contributed by atoms with Gasteiger partial charge in [0, 0.05) is 10.7 Å². The Hall–Kier alpha value is -3.04. The zero-order chi connectivity index (χ0) is 24.4. The second-order valence-corrected chi connectivity index (χ2v) is 9.65. The molecule has 3 rings (SSSR count). The minimum atomic E-state index is -4.58. The molecule has 0 heterocycles. The van der Waals surface area contributed by atoms with E-state index in [0.717, 1.165) is 28.1 Å². The van der Waals surface area contributed by atoms with Crippen LogP contribution in [-0.2, 0) is 21.0 Å². The van der Waals surface area contributed by atoms with Crippen molar-refractivity contribution in [2.45, 2.75) is 24.9 Å². The maximum Gasteiger partial charge on any atom is 0.416 e. The Morgan fingerprint density at radius 3 is 2.27 bits per heavy atom. The van der Waals surface area contributed by atoms with E-state index in [2.05, 4.69) is 5.32 Å². The molecule has 0 aliphatic rings. The highest BCUT2D eigenvalue weighted by Crippen LogP contribution is 2.31. The molecule has 0 bridgehead atoms. The summed E-state index contributed by atoms with van der Waals surface area (Å²) >= 11 is 6.17. The quantitative estimate of drug-likeness (QED) is 0.468. The third kappa shape index (κ3) is 5.85. The van der Waals surface area contributed by atoms with E-state index < -0.39 is 34.2 Å². The van der Waals surface area contributed by atoms with Crippen LogP contribution in [0.5, 0.6) is 0 Å². The number of carbonyl (C=O) groups is 1. The molecule has 0 fully saturated rings. The Labute approximate surface area is 194 Å². The molecule has 5 nitrogen and oxygen atoms in total. The van der Waals surface area contributed by atoms with Gasteiger partial charge in [-0.3, -0.25) is 9.10 Å². The Morgan fingerprint density at radius 2 is 1.67 bits per heavy atom. The topological polar surface area (TPSA) is 66.5 Å². The molecule has 0 saturated heterocycles. The lowest BCUT2D eigenvalue weighted by Crippen LogP contribution is -2.38. The van der Waals surface area contributed by atoms with Crippen LogP contribution in [0.2, 0.25) is 5.02 Å². The van der Waals surface area contributed by atoms with E-state index in [0.29, 0.717) is 10.6 Å². The minimum absolute atomic E-state index is 0.0448. The first-order valence-corrected chi connectivity index (χ1v) is 11.5. The molecular formula is C23H20ClF3N2O3S. The summed E-state index contributed by atoms with van der Waals surface area (Å²) in [5.41, 5.74) is 0.659. The van der Waals surface area contributed by atoms with Crippen LogP contribution in [0.3, 0.4) is 0 Å². The maximum absolute atomic E-state index is 13.4. The number of nitrogens with one attached hydrogen (secondary N) is 1. The first-order chi connectivity index (χ1) is 15.4. The highest BCUT2D eigenvalue weighted by molar-refractivity contribution is 7.92. The van der Waals surface area contributed by atoms with Gasteiger partial charge in [0.2, 0.25) is 5.91 Å². The van der Waals surface area contributed by atoms with Crippen molar-refractivity contribution in [2.24, 2.45) is 0 Å². The highest BCUT2D eigenvalue weighted by Gasteiger charge is 2.31. The summed E-state index contributed by atoms with van der Waals surface area (Å²) in [6.07, 6.45) is -4.58. The Kier molecular flexibility index (Phi) is 7.04. The van der Waals surface area contributed by atoms with Crippen LogP contribution in [0.4, 0.5) is 24.5 Å². The van der Waals surface area contributed by atoms with Crippen molar-refractivity contribution in [1.29, 1.82) is 0 Å². The van der Waals surface area contributed by atoms with Crippen molar-refractivity contribution >= 4 is 38.9 Å². The number of rotatable bonds is 6. The summed E-state index contributed by atoms with van der Waals surface area (Å²) in [6.45, 7) is 2.87. The number of halogens is 4. The van der Waals surface area contributed by atoms with Gasteiger partial charge in [-0.2, -0.15) is 13.2 Å². The summed E-state index contributed by atoms with van der Waals surface area (Å²) in [5, 5.41) is 2.64. The fourth-order valence-corrected chi connectivity index (χ4v) is 4.58. The molecule has 3 aromatic rings. The lowest BCUT2D eigenvalue weighted by molar-refractivity contribution is -0.137. The molecule has 0 atom stereocenters. The van der Waals surface area contributed by atoms with E-state index in [9.17, 15) is 26.4 Å². The average molecular weight is 497 g/mol. The second kappa shape index (κ2) is 9.44. The SMILES string of the molecule is Cc1ccc(S(=O)(=O)N(CC(=O)Nc2cccc(C(F)(F)F)c2)c2ccc(C)c(Cl)c2)cc1. The molecule has 0 aliphatic carbocycles. The first kappa shape index (κ1) is 24.6. The first-order valence-electron chi connectivity index (χ1n) is 9.70. The van der Waals surface area contributed by atoms with E-state index in [1.165, 1.54) is 30.3 Å². The molecule has 10 heteroatoms. The summed E-state index contributed by atoms with van der Waals surface area (Å²) in [5.74, 6) is -0.818. The molecular weight excluding hydrogens is 477 g/mol. The molecule has 1 amide bonds. The highest BCUT2D eigenvalue weighted by atomic mass is 35.5. The normalized spacial score (nSPS) is 11.8. The van der Waals surface area contributed by atoms with Gasteiger partial charge in [-0.1, -0.05) is 41.4 Å². The standard InChI is InChI=1S/C23H20ClF3N2O3S/c1-15-6-10-20(11-7-15)33(31,32)29(19-9-8-16(2)21(24)13-19)14-22(30)28-18-5-3-4-17(12-18)23(25,26)27/h3-13H,14H2,1-2H3,(H,28,30). The molecule has 1 N–H and O–H groups in total. The van der Waals surface area contributed by atoms with Crippen molar-refractivity contribution in [3.8, 4) is 0 Å². The van der Waals surface area contributed by atoms with Gasteiger partial charge in [0.15, 0.2) is 0 Å². The number of hydrogen-bond acceptors (Lipinski definition) is 3. The van der Waals surface area contributed by atoms with Crippen LogP contribution < -0.4 is 9.62 Å². The number of benzene rings is 3. The Balaban J connectivity index is 1.95. The summed E-state index contributed by atoms with van der Waals surface area (Å²) < 4.78 is 66.5. The van der Waals surface area contributed by atoms with Crippen LogP contribution in [0.15, 0.2) is 71.6 Å². The van der Waals surface area contributed by atoms with Gasteiger partial charge >= 0.3 is 6.18 Å². The number of alkyl halides is 3. The van der Waals surface area contributed by atoms with Crippen LogP contribution in [-0.4, -0.2) is 20.9 Å². The second-order valence-electron chi connectivity index (χ2n) is 7.38. The van der Waals surface area contributed by atoms with E-state index in [4.69, 9.17) is 11.6 Å². The number of nitrogens with zero attached hydrogens (tertiary/aromatic N) is 1. The fraction of sp³-hybridized carbons (Fsp3) is 0.174. The smallest absolute Gasteiger partial charge is 0.325 e. The van der Waals surface area contributed by atoms with Gasteiger partial charge in [0.25, 0.3) is 10.0 Å². The molecule has 0 unspecified atom stereocenters. The molecule has 33 heavy (non-hydrogen) atoms. The van der Waals surface area contributed by atoms with Crippen LogP contribution in [0.25, 0.3) is 0 Å². The van der Waals surface area contributed by atoms with Crippen molar-refractivity contribution in [3.05, 3.63) is 88.4 Å². The largest absolute Gasteiger partial charge is 0.416 e. The van der Waals surface area contributed by atoms with E-state index >= 15 is 0 Å². The number of sulfonamides is 1. The number of anilines is 2.